The first-order valence-electron chi connectivity index (χ1n) is 8.93. The van der Waals surface area contributed by atoms with Crippen LogP contribution in [0.15, 0.2) is 36.4 Å². The van der Waals surface area contributed by atoms with E-state index in [4.69, 9.17) is 14.2 Å². The first-order chi connectivity index (χ1) is 12.9. The lowest BCUT2D eigenvalue weighted by atomic mass is 10.1. The monoisotopic (exact) mass is 372 g/mol. The number of hydrogen-bond acceptors (Lipinski definition) is 5. The smallest absolute Gasteiger partial charge is 0.255 e. The highest BCUT2D eigenvalue weighted by atomic mass is 16.5. The second-order valence-electron chi connectivity index (χ2n) is 6.29. The van der Waals surface area contributed by atoms with E-state index in [2.05, 4.69) is 31.0 Å². The van der Waals surface area contributed by atoms with Crippen LogP contribution in [0.3, 0.4) is 0 Å². The lowest BCUT2D eigenvalue weighted by Gasteiger charge is -2.27. The normalized spacial score (nSPS) is 10.5. The summed E-state index contributed by atoms with van der Waals surface area (Å²) in [7, 11) is 4.57. The van der Waals surface area contributed by atoms with Crippen LogP contribution in [0.4, 0.5) is 11.4 Å². The number of anilines is 2. The molecule has 6 nitrogen and oxygen atoms in total. The zero-order valence-corrected chi connectivity index (χ0v) is 16.8. The summed E-state index contributed by atoms with van der Waals surface area (Å²) in [6.07, 6.45) is 0. The van der Waals surface area contributed by atoms with Crippen LogP contribution in [0.5, 0.6) is 17.2 Å². The molecule has 27 heavy (non-hydrogen) atoms. The molecule has 1 N–H and O–H groups in total. The average molecular weight is 372 g/mol. The number of rotatable bonds is 8. The molecule has 0 aliphatic rings. The van der Waals surface area contributed by atoms with Gasteiger partial charge in [-0.1, -0.05) is 0 Å². The highest BCUT2D eigenvalue weighted by Crippen LogP contribution is 2.38. The Hall–Kier alpha value is -2.89. The molecule has 146 valence electrons. The minimum atomic E-state index is -0.252. The summed E-state index contributed by atoms with van der Waals surface area (Å²) in [5.74, 6) is 1.08. The van der Waals surface area contributed by atoms with Gasteiger partial charge in [0.1, 0.15) is 0 Å². The van der Waals surface area contributed by atoms with E-state index in [1.165, 1.54) is 21.3 Å². The van der Waals surface area contributed by atoms with Crippen LogP contribution < -0.4 is 24.4 Å². The van der Waals surface area contributed by atoms with Gasteiger partial charge in [-0.25, -0.2) is 0 Å². The van der Waals surface area contributed by atoms with Crippen molar-refractivity contribution >= 4 is 17.3 Å². The molecule has 6 heteroatoms. The molecule has 0 saturated heterocycles. The van der Waals surface area contributed by atoms with E-state index in [1.807, 2.05) is 24.3 Å². The predicted octanol–water partition coefficient (Wildman–Crippen LogP) is 4.20. The second-order valence-corrected chi connectivity index (χ2v) is 6.29. The lowest BCUT2D eigenvalue weighted by Crippen LogP contribution is -2.30. The number of nitrogens with zero attached hydrogens (tertiary/aromatic N) is 1. The third kappa shape index (κ3) is 4.64. The molecule has 0 unspecified atom stereocenters. The fourth-order valence-corrected chi connectivity index (χ4v) is 3.00. The van der Waals surface area contributed by atoms with Crippen LogP contribution in [-0.4, -0.2) is 39.8 Å². The van der Waals surface area contributed by atoms with Gasteiger partial charge >= 0.3 is 0 Å². The van der Waals surface area contributed by atoms with Gasteiger partial charge in [-0.15, -0.1) is 0 Å². The number of amides is 1. The Morgan fingerprint density at radius 3 is 1.96 bits per heavy atom. The summed E-state index contributed by atoms with van der Waals surface area (Å²) in [5, 5.41) is 2.90. The van der Waals surface area contributed by atoms with Gasteiger partial charge in [-0.3, -0.25) is 4.79 Å². The fourth-order valence-electron chi connectivity index (χ4n) is 3.00. The molecular weight excluding hydrogens is 344 g/mol. The van der Waals surface area contributed by atoms with Crippen LogP contribution >= 0.6 is 0 Å². The van der Waals surface area contributed by atoms with Gasteiger partial charge in [0.05, 0.1) is 21.3 Å². The topological polar surface area (TPSA) is 60.0 Å². The van der Waals surface area contributed by atoms with Gasteiger partial charge in [0, 0.05) is 29.5 Å². The van der Waals surface area contributed by atoms with Crippen LogP contribution in [0.25, 0.3) is 0 Å². The molecule has 2 aromatic carbocycles. The third-order valence-electron chi connectivity index (χ3n) is 4.35. The Morgan fingerprint density at radius 2 is 1.56 bits per heavy atom. The maximum absolute atomic E-state index is 12.7. The van der Waals surface area contributed by atoms with Crippen molar-refractivity contribution in [2.24, 2.45) is 0 Å². The summed E-state index contributed by atoms with van der Waals surface area (Å²) < 4.78 is 15.9. The van der Waals surface area contributed by atoms with Crippen molar-refractivity contribution in [3.8, 4) is 17.2 Å². The van der Waals surface area contributed by atoms with Gasteiger partial charge in [-0.05, 0) is 57.2 Å². The van der Waals surface area contributed by atoms with Crippen molar-refractivity contribution < 1.29 is 19.0 Å². The van der Waals surface area contributed by atoms with Gasteiger partial charge in [-0.2, -0.15) is 0 Å². The second kappa shape index (κ2) is 9.16. The molecule has 1 amide bonds. The maximum Gasteiger partial charge on any atom is 0.255 e. The van der Waals surface area contributed by atoms with Crippen molar-refractivity contribution in [2.75, 3.05) is 38.1 Å². The first-order valence-corrected chi connectivity index (χ1v) is 8.93. The van der Waals surface area contributed by atoms with Crippen molar-refractivity contribution in [2.45, 2.75) is 26.8 Å². The van der Waals surface area contributed by atoms with E-state index in [-0.39, 0.29) is 5.91 Å². The molecule has 0 radical (unpaired) electrons. The van der Waals surface area contributed by atoms with Gasteiger partial charge in [0.2, 0.25) is 5.75 Å². The molecule has 2 aromatic rings. The Balaban J connectivity index is 2.22. The van der Waals surface area contributed by atoms with E-state index in [9.17, 15) is 4.79 Å². The number of hydrogen-bond donors (Lipinski definition) is 1. The van der Waals surface area contributed by atoms with Crippen molar-refractivity contribution in [3.63, 3.8) is 0 Å². The summed E-state index contributed by atoms with van der Waals surface area (Å²) in [5.41, 5.74) is 2.27. The number of benzene rings is 2. The number of nitrogens with one attached hydrogen (secondary N) is 1. The molecule has 0 bridgehead atoms. The first kappa shape index (κ1) is 20.4. The molecule has 0 atom stereocenters. The number of carbonyl (C=O) groups excluding carboxylic acids is 1. The molecule has 0 saturated carbocycles. The molecule has 0 aromatic heterocycles. The average Bonchev–Trinajstić information content (AvgIpc) is 2.68. The van der Waals surface area contributed by atoms with Crippen molar-refractivity contribution in [1.29, 1.82) is 0 Å². The summed E-state index contributed by atoms with van der Waals surface area (Å²) in [6, 6.07) is 11.5. The van der Waals surface area contributed by atoms with Gasteiger partial charge in [0.25, 0.3) is 5.91 Å². The zero-order valence-electron chi connectivity index (χ0n) is 16.8. The van der Waals surface area contributed by atoms with E-state index in [0.717, 1.165) is 17.9 Å². The molecule has 0 spiro atoms. The van der Waals surface area contributed by atoms with Crippen LogP contribution in [-0.2, 0) is 0 Å². The van der Waals surface area contributed by atoms with Gasteiger partial charge < -0.3 is 24.4 Å². The molecular formula is C21H28N2O4. The Labute approximate surface area is 161 Å². The molecule has 0 aliphatic heterocycles. The van der Waals surface area contributed by atoms with Crippen LogP contribution in [0, 0.1) is 0 Å². The van der Waals surface area contributed by atoms with E-state index >= 15 is 0 Å². The van der Waals surface area contributed by atoms with E-state index < -0.39 is 0 Å². The Morgan fingerprint density at radius 1 is 1.00 bits per heavy atom. The largest absolute Gasteiger partial charge is 0.493 e. The van der Waals surface area contributed by atoms with E-state index in [1.54, 1.807) is 12.1 Å². The standard InChI is InChI=1S/C21H28N2O4/c1-7-23(14(2)3)17-10-8-16(9-11-17)22-21(24)15-12-18(25-4)20(27-6)19(13-15)26-5/h8-14H,7H2,1-6H3,(H,22,24). The highest BCUT2D eigenvalue weighted by Gasteiger charge is 2.17. The SMILES string of the molecule is CCN(c1ccc(NC(=O)c2cc(OC)c(OC)c(OC)c2)cc1)C(C)C. The zero-order chi connectivity index (χ0) is 20.0. The minimum absolute atomic E-state index is 0.252. The Kier molecular flexibility index (Phi) is 6.93. The van der Waals surface area contributed by atoms with Crippen molar-refractivity contribution in [3.05, 3.63) is 42.0 Å². The van der Waals surface area contributed by atoms with Gasteiger partial charge in [0.15, 0.2) is 11.5 Å². The molecule has 0 fully saturated rings. The minimum Gasteiger partial charge on any atom is -0.493 e. The summed E-state index contributed by atoms with van der Waals surface area (Å²) in [6.45, 7) is 7.36. The summed E-state index contributed by atoms with van der Waals surface area (Å²) in [4.78, 5) is 14.9. The fraction of sp³-hybridized carbons (Fsp3) is 0.381. The number of methoxy groups -OCH3 is 3. The van der Waals surface area contributed by atoms with Crippen LogP contribution in [0.2, 0.25) is 0 Å². The molecule has 2 rings (SSSR count). The maximum atomic E-state index is 12.7. The highest BCUT2D eigenvalue weighted by molar-refractivity contribution is 6.05. The Bertz CT molecular complexity index is 747. The molecule has 0 heterocycles. The third-order valence-corrected chi connectivity index (χ3v) is 4.35. The van der Waals surface area contributed by atoms with Crippen LogP contribution in [0.1, 0.15) is 31.1 Å². The number of ether oxygens (including phenoxy) is 3. The quantitative estimate of drug-likeness (QED) is 0.752. The lowest BCUT2D eigenvalue weighted by molar-refractivity contribution is 0.102. The van der Waals surface area contributed by atoms with Crippen molar-refractivity contribution in [1.82, 2.24) is 0 Å². The number of carbonyl (C=O) groups is 1. The summed E-state index contributed by atoms with van der Waals surface area (Å²) >= 11 is 0. The predicted molar refractivity (Wildman–Crippen MR) is 109 cm³/mol. The van der Waals surface area contributed by atoms with E-state index in [0.29, 0.717) is 28.9 Å². The molecule has 0 aliphatic carbocycles.